The Hall–Kier alpha value is -0.380. The van der Waals surface area contributed by atoms with Gasteiger partial charge in [-0.2, -0.15) is 0 Å². The minimum absolute atomic E-state index is 0.185. The van der Waals surface area contributed by atoms with Crippen molar-refractivity contribution in [2.45, 2.75) is 31.9 Å². The van der Waals surface area contributed by atoms with Crippen molar-refractivity contribution in [3.63, 3.8) is 0 Å². The van der Waals surface area contributed by atoms with E-state index in [2.05, 4.69) is 0 Å². The van der Waals surface area contributed by atoms with Gasteiger partial charge in [0.1, 0.15) is 5.25 Å². The summed E-state index contributed by atoms with van der Waals surface area (Å²) in [5.74, 6) is -0.185. The minimum Gasteiger partial charge on any atom is -0.298 e. The van der Waals surface area contributed by atoms with Crippen LogP contribution in [-0.2, 0) is 14.6 Å². The quantitative estimate of drug-likeness (QED) is 0.639. The first-order valence-corrected chi connectivity index (χ1v) is 5.56. The van der Waals surface area contributed by atoms with Crippen molar-refractivity contribution in [1.82, 2.24) is 0 Å². The average molecular weight is 178 g/mol. The molecule has 3 nitrogen and oxygen atoms in total. The van der Waals surface area contributed by atoms with Crippen molar-refractivity contribution < 1.29 is 13.2 Å². The molecule has 0 spiro atoms. The SMILES string of the molecule is CCCC(=O)C(C)S(C)(=O)=O. The van der Waals surface area contributed by atoms with Crippen LogP contribution in [0, 0.1) is 0 Å². The fraction of sp³-hybridized carbons (Fsp3) is 0.857. The Labute approximate surface area is 67.7 Å². The zero-order valence-corrected chi connectivity index (χ0v) is 7.94. The smallest absolute Gasteiger partial charge is 0.157 e. The van der Waals surface area contributed by atoms with E-state index < -0.39 is 15.1 Å². The van der Waals surface area contributed by atoms with Crippen LogP contribution in [0.4, 0.5) is 0 Å². The van der Waals surface area contributed by atoms with Gasteiger partial charge in [0, 0.05) is 12.7 Å². The van der Waals surface area contributed by atoms with Gasteiger partial charge in [-0.15, -0.1) is 0 Å². The number of hydrogen-bond acceptors (Lipinski definition) is 3. The van der Waals surface area contributed by atoms with Crippen LogP contribution in [0.5, 0.6) is 0 Å². The van der Waals surface area contributed by atoms with Crippen molar-refractivity contribution in [2.75, 3.05) is 6.26 Å². The molecule has 4 heteroatoms. The van der Waals surface area contributed by atoms with E-state index in [0.29, 0.717) is 12.8 Å². The Morgan fingerprint density at radius 1 is 1.45 bits per heavy atom. The Balaban J connectivity index is 4.27. The van der Waals surface area contributed by atoms with E-state index in [9.17, 15) is 13.2 Å². The van der Waals surface area contributed by atoms with Gasteiger partial charge < -0.3 is 0 Å². The van der Waals surface area contributed by atoms with Crippen LogP contribution in [0.15, 0.2) is 0 Å². The number of Topliss-reactive ketones (excluding diaryl/α,β-unsaturated/α-hetero) is 1. The molecule has 0 aliphatic heterocycles. The highest BCUT2D eigenvalue weighted by Crippen LogP contribution is 2.03. The second kappa shape index (κ2) is 3.85. The lowest BCUT2D eigenvalue weighted by atomic mass is 10.2. The molecule has 11 heavy (non-hydrogen) atoms. The molecule has 0 N–H and O–H groups in total. The van der Waals surface area contributed by atoms with Crippen molar-refractivity contribution in [1.29, 1.82) is 0 Å². The Bertz CT molecular complexity index is 228. The maximum Gasteiger partial charge on any atom is 0.157 e. The standard InChI is InChI=1S/C7H14O3S/c1-4-5-7(8)6(2)11(3,9)10/h6H,4-5H2,1-3H3. The highest BCUT2D eigenvalue weighted by atomic mass is 32.2. The summed E-state index contributed by atoms with van der Waals surface area (Å²) in [5.41, 5.74) is 0. The predicted molar refractivity (Wildman–Crippen MR) is 44.2 cm³/mol. The Morgan fingerprint density at radius 3 is 2.18 bits per heavy atom. The second-order valence-corrected chi connectivity index (χ2v) is 5.05. The van der Waals surface area contributed by atoms with Gasteiger partial charge in [0.05, 0.1) is 0 Å². The molecule has 0 rings (SSSR count). The van der Waals surface area contributed by atoms with Gasteiger partial charge in [-0.05, 0) is 13.3 Å². The summed E-state index contributed by atoms with van der Waals surface area (Å²) in [7, 11) is -3.17. The molecule has 0 saturated carbocycles. The van der Waals surface area contributed by atoms with E-state index in [1.807, 2.05) is 6.92 Å². The van der Waals surface area contributed by atoms with Crippen molar-refractivity contribution in [2.24, 2.45) is 0 Å². The van der Waals surface area contributed by atoms with E-state index in [1.165, 1.54) is 6.92 Å². The van der Waals surface area contributed by atoms with Gasteiger partial charge in [-0.25, -0.2) is 8.42 Å². The van der Waals surface area contributed by atoms with Crippen LogP contribution < -0.4 is 0 Å². The molecule has 0 aliphatic carbocycles. The Morgan fingerprint density at radius 2 is 1.91 bits per heavy atom. The lowest BCUT2D eigenvalue weighted by molar-refractivity contribution is -0.118. The monoisotopic (exact) mass is 178 g/mol. The first kappa shape index (κ1) is 10.6. The number of rotatable bonds is 4. The number of carbonyl (C=O) groups is 1. The highest BCUT2D eigenvalue weighted by molar-refractivity contribution is 7.92. The summed E-state index contributed by atoms with van der Waals surface area (Å²) in [6.07, 6.45) is 2.15. The fourth-order valence-corrected chi connectivity index (χ4v) is 1.28. The lowest BCUT2D eigenvalue weighted by Crippen LogP contribution is -2.25. The fourth-order valence-electron chi connectivity index (χ4n) is 0.688. The van der Waals surface area contributed by atoms with Gasteiger partial charge in [0.25, 0.3) is 0 Å². The van der Waals surface area contributed by atoms with Gasteiger partial charge in [-0.1, -0.05) is 6.92 Å². The topological polar surface area (TPSA) is 51.2 Å². The first-order valence-electron chi connectivity index (χ1n) is 3.61. The van der Waals surface area contributed by atoms with E-state index in [0.717, 1.165) is 6.26 Å². The van der Waals surface area contributed by atoms with E-state index in [-0.39, 0.29) is 5.78 Å². The molecule has 0 bridgehead atoms. The van der Waals surface area contributed by atoms with Gasteiger partial charge >= 0.3 is 0 Å². The second-order valence-electron chi connectivity index (χ2n) is 2.69. The summed E-state index contributed by atoms with van der Waals surface area (Å²) in [5, 5.41) is -0.831. The number of hydrogen-bond donors (Lipinski definition) is 0. The van der Waals surface area contributed by atoms with Crippen LogP contribution in [0.3, 0.4) is 0 Å². The molecule has 0 aliphatic rings. The van der Waals surface area contributed by atoms with Crippen LogP contribution >= 0.6 is 0 Å². The maximum atomic E-state index is 11.0. The number of ketones is 1. The molecular formula is C7H14O3S. The van der Waals surface area contributed by atoms with Crippen LogP contribution in [0.1, 0.15) is 26.7 Å². The van der Waals surface area contributed by atoms with Crippen molar-refractivity contribution >= 4 is 15.6 Å². The molecule has 1 atom stereocenters. The van der Waals surface area contributed by atoms with Crippen LogP contribution in [0.2, 0.25) is 0 Å². The summed E-state index contributed by atoms with van der Waals surface area (Å²) < 4.78 is 21.7. The molecule has 0 aromatic rings. The molecule has 0 fully saturated rings. The third kappa shape index (κ3) is 3.51. The molecule has 66 valence electrons. The van der Waals surface area contributed by atoms with E-state index in [4.69, 9.17) is 0 Å². The molecule has 0 radical (unpaired) electrons. The highest BCUT2D eigenvalue weighted by Gasteiger charge is 2.21. The predicted octanol–water partition coefficient (Wildman–Crippen LogP) is 0.789. The zero-order valence-electron chi connectivity index (χ0n) is 7.12. The van der Waals surface area contributed by atoms with Crippen molar-refractivity contribution in [3.05, 3.63) is 0 Å². The molecule has 0 heterocycles. The molecule has 0 saturated heterocycles. The first-order chi connectivity index (χ1) is 4.89. The molecule has 0 amide bonds. The zero-order chi connectivity index (χ0) is 9.07. The van der Waals surface area contributed by atoms with Gasteiger partial charge in [-0.3, -0.25) is 4.79 Å². The van der Waals surface area contributed by atoms with Crippen molar-refractivity contribution in [3.8, 4) is 0 Å². The van der Waals surface area contributed by atoms with Crippen LogP contribution in [-0.4, -0.2) is 25.7 Å². The number of carbonyl (C=O) groups excluding carboxylic acids is 1. The Kier molecular flexibility index (Phi) is 3.72. The van der Waals surface area contributed by atoms with Gasteiger partial charge in [0.2, 0.25) is 0 Å². The lowest BCUT2D eigenvalue weighted by Gasteiger charge is -2.05. The molecule has 1 unspecified atom stereocenters. The third-order valence-electron chi connectivity index (χ3n) is 1.59. The third-order valence-corrected chi connectivity index (χ3v) is 3.14. The van der Waals surface area contributed by atoms with Crippen LogP contribution in [0.25, 0.3) is 0 Å². The molecule has 0 aromatic heterocycles. The number of sulfone groups is 1. The van der Waals surface area contributed by atoms with E-state index >= 15 is 0 Å². The van der Waals surface area contributed by atoms with E-state index in [1.54, 1.807) is 0 Å². The largest absolute Gasteiger partial charge is 0.298 e. The molecular weight excluding hydrogens is 164 g/mol. The summed E-state index contributed by atoms with van der Waals surface area (Å²) in [4.78, 5) is 11.0. The normalized spacial score (nSPS) is 14.5. The summed E-state index contributed by atoms with van der Waals surface area (Å²) >= 11 is 0. The van der Waals surface area contributed by atoms with Gasteiger partial charge in [0.15, 0.2) is 15.6 Å². The minimum atomic E-state index is -3.17. The summed E-state index contributed by atoms with van der Waals surface area (Å²) in [6.45, 7) is 3.29. The summed E-state index contributed by atoms with van der Waals surface area (Å²) in [6, 6.07) is 0. The maximum absolute atomic E-state index is 11.0. The average Bonchev–Trinajstić information content (AvgIpc) is 1.85. The molecule has 0 aromatic carbocycles.